The number of aromatic nitrogens is 3. The SMILES string of the molecule is Cc1cc(C)c2nc(C)cc(Nc3ccc(-c4cnc(C#N)nc4)cc3)c2c1. The molecule has 0 atom stereocenters. The van der Waals surface area contributed by atoms with Gasteiger partial charge < -0.3 is 5.32 Å². The summed E-state index contributed by atoms with van der Waals surface area (Å²) in [5, 5.41) is 13.5. The van der Waals surface area contributed by atoms with Crippen LogP contribution in [0.15, 0.2) is 54.9 Å². The molecule has 0 saturated carbocycles. The van der Waals surface area contributed by atoms with E-state index in [4.69, 9.17) is 10.2 Å². The zero-order chi connectivity index (χ0) is 19.7. The number of anilines is 2. The number of benzene rings is 2. The summed E-state index contributed by atoms with van der Waals surface area (Å²) in [4.78, 5) is 12.8. The summed E-state index contributed by atoms with van der Waals surface area (Å²) in [5.41, 5.74) is 8.31. The summed E-state index contributed by atoms with van der Waals surface area (Å²) < 4.78 is 0. The fraction of sp³-hybridized carbons (Fsp3) is 0.130. The molecule has 0 saturated heterocycles. The number of fused-ring (bicyclic) bond motifs is 1. The first-order valence-electron chi connectivity index (χ1n) is 9.02. The van der Waals surface area contributed by atoms with Crippen LogP contribution in [0.25, 0.3) is 22.0 Å². The summed E-state index contributed by atoms with van der Waals surface area (Å²) in [6.07, 6.45) is 3.33. The minimum Gasteiger partial charge on any atom is -0.355 e. The zero-order valence-corrected chi connectivity index (χ0v) is 16.0. The van der Waals surface area contributed by atoms with E-state index in [0.717, 1.165) is 39.1 Å². The minimum absolute atomic E-state index is 0.174. The van der Waals surface area contributed by atoms with Crippen LogP contribution in [0.5, 0.6) is 0 Å². The molecular weight excluding hydrogens is 346 g/mol. The second-order valence-corrected chi connectivity index (χ2v) is 6.90. The Labute approximate surface area is 163 Å². The van der Waals surface area contributed by atoms with Crippen LogP contribution >= 0.6 is 0 Å². The van der Waals surface area contributed by atoms with E-state index in [0.29, 0.717) is 0 Å². The van der Waals surface area contributed by atoms with Crippen LogP contribution in [-0.4, -0.2) is 15.0 Å². The van der Waals surface area contributed by atoms with Gasteiger partial charge in [0.2, 0.25) is 5.82 Å². The van der Waals surface area contributed by atoms with E-state index in [-0.39, 0.29) is 5.82 Å². The highest BCUT2D eigenvalue weighted by Crippen LogP contribution is 2.30. The van der Waals surface area contributed by atoms with Crippen molar-refractivity contribution in [1.82, 2.24) is 15.0 Å². The quantitative estimate of drug-likeness (QED) is 0.538. The highest BCUT2D eigenvalue weighted by Gasteiger charge is 2.08. The fourth-order valence-corrected chi connectivity index (χ4v) is 3.35. The van der Waals surface area contributed by atoms with Gasteiger partial charge in [0, 0.05) is 40.4 Å². The van der Waals surface area contributed by atoms with E-state index in [1.807, 2.05) is 37.3 Å². The van der Waals surface area contributed by atoms with E-state index < -0.39 is 0 Å². The van der Waals surface area contributed by atoms with Crippen LogP contribution in [0.4, 0.5) is 11.4 Å². The highest BCUT2D eigenvalue weighted by molar-refractivity contribution is 5.95. The number of pyridine rings is 1. The number of rotatable bonds is 3. The third-order valence-electron chi connectivity index (χ3n) is 4.63. The van der Waals surface area contributed by atoms with Gasteiger partial charge in [0.25, 0.3) is 0 Å². The van der Waals surface area contributed by atoms with E-state index >= 15 is 0 Å². The van der Waals surface area contributed by atoms with Crippen molar-refractivity contribution in [1.29, 1.82) is 5.26 Å². The fourth-order valence-electron chi connectivity index (χ4n) is 3.35. The number of aryl methyl sites for hydroxylation is 3. The standard InChI is InChI=1S/C23H19N5/c1-14-8-15(2)23-20(9-14)21(10-16(3)27-23)28-19-6-4-17(5-7-19)18-12-25-22(11-24)26-13-18/h4-10,12-13H,1-3H3,(H,27,28). The smallest absolute Gasteiger partial charge is 0.232 e. The van der Waals surface area contributed by atoms with Crippen molar-refractivity contribution in [2.45, 2.75) is 20.8 Å². The van der Waals surface area contributed by atoms with Gasteiger partial charge in [0.05, 0.1) is 5.52 Å². The second kappa shape index (κ2) is 7.09. The molecule has 28 heavy (non-hydrogen) atoms. The topological polar surface area (TPSA) is 74.5 Å². The minimum atomic E-state index is 0.174. The average Bonchev–Trinajstić information content (AvgIpc) is 2.69. The molecule has 5 heteroatoms. The Kier molecular flexibility index (Phi) is 4.46. The lowest BCUT2D eigenvalue weighted by atomic mass is 10.0. The number of nitrogens with one attached hydrogen (secondary N) is 1. The molecule has 4 aromatic rings. The Balaban J connectivity index is 1.67. The van der Waals surface area contributed by atoms with Crippen LogP contribution < -0.4 is 5.32 Å². The molecule has 0 bridgehead atoms. The summed E-state index contributed by atoms with van der Waals surface area (Å²) in [6.45, 7) is 6.21. The van der Waals surface area contributed by atoms with Gasteiger partial charge in [0.1, 0.15) is 6.07 Å². The number of nitriles is 1. The molecule has 2 aromatic heterocycles. The molecule has 0 radical (unpaired) electrons. The largest absolute Gasteiger partial charge is 0.355 e. The van der Waals surface area contributed by atoms with E-state index in [1.54, 1.807) is 12.4 Å². The maximum atomic E-state index is 8.82. The number of hydrogen-bond acceptors (Lipinski definition) is 5. The number of hydrogen-bond donors (Lipinski definition) is 1. The van der Waals surface area contributed by atoms with E-state index in [2.05, 4.69) is 47.3 Å². The lowest BCUT2D eigenvalue weighted by molar-refractivity contribution is 1.12. The summed E-state index contributed by atoms with van der Waals surface area (Å²) >= 11 is 0. The molecule has 2 heterocycles. The third kappa shape index (κ3) is 3.40. The maximum Gasteiger partial charge on any atom is 0.232 e. The Morgan fingerprint density at radius 3 is 2.29 bits per heavy atom. The zero-order valence-electron chi connectivity index (χ0n) is 16.0. The molecule has 4 rings (SSSR count). The third-order valence-corrected chi connectivity index (χ3v) is 4.63. The van der Waals surface area contributed by atoms with Crippen LogP contribution in [0.2, 0.25) is 0 Å². The first-order valence-corrected chi connectivity index (χ1v) is 9.02. The summed E-state index contributed by atoms with van der Waals surface area (Å²) in [7, 11) is 0. The van der Waals surface area contributed by atoms with E-state index in [1.165, 1.54) is 11.1 Å². The normalized spacial score (nSPS) is 10.6. The monoisotopic (exact) mass is 365 g/mol. The Bertz CT molecular complexity index is 1200. The Morgan fingerprint density at radius 1 is 0.893 bits per heavy atom. The molecule has 0 amide bonds. The molecule has 0 aliphatic heterocycles. The summed E-state index contributed by atoms with van der Waals surface area (Å²) in [5.74, 6) is 0.174. The van der Waals surface area contributed by atoms with Crippen molar-refractivity contribution < 1.29 is 0 Å². The van der Waals surface area contributed by atoms with E-state index in [9.17, 15) is 0 Å². The van der Waals surface area contributed by atoms with Crippen molar-refractivity contribution in [2.24, 2.45) is 0 Å². The molecule has 136 valence electrons. The van der Waals surface area contributed by atoms with Crippen molar-refractivity contribution >= 4 is 22.3 Å². The molecule has 2 aromatic carbocycles. The maximum absolute atomic E-state index is 8.82. The lowest BCUT2D eigenvalue weighted by Crippen LogP contribution is -1.97. The van der Waals surface area contributed by atoms with Crippen molar-refractivity contribution in [3.05, 3.63) is 77.5 Å². The first-order chi connectivity index (χ1) is 13.5. The van der Waals surface area contributed by atoms with Gasteiger partial charge in [-0.15, -0.1) is 0 Å². The van der Waals surface area contributed by atoms with Crippen molar-refractivity contribution in [2.75, 3.05) is 5.32 Å². The van der Waals surface area contributed by atoms with Gasteiger partial charge in [-0.05, 0) is 56.2 Å². The number of nitrogens with zero attached hydrogens (tertiary/aromatic N) is 4. The van der Waals surface area contributed by atoms with Crippen molar-refractivity contribution in [3.8, 4) is 17.2 Å². The van der Waals surface area contributed by atoms with Crippen molar-refractivity contribution in [3.63, 3.8) is 0 Å². The van der Waals surface area contributed by atoms with Crippen LogP contribution in [0, 0.1) is 32.1 Å². The Hall–Kier alpha value is -3.78. The molecule has 0 aliphatic rings. The van der Waals surface area contributed by atoms with Gasteiger partial charge in [-0.1, -0.05) is 23.8 Å². The Morgan fingerprint density at radius 2 is 1.61 bits per heavy atom. The van der Waals surface area contributed by atoms with Gasteiger partial charge >= 0.3 is 0 Å². The average molecular weight is 365 g/mol. The van der Waals surface area contributed by atoms with Gasteiger partial charge in [-0.3, -0.25) is 4.98 Å². The predicted molar refractivity (Wildman–Crippen MR) is 111 cm³/mol. The lowest BCUT2D eigenvalue weighted by Gasteiger charge is -2.13. The molecule has 0 fully saturated rings. The van der Waals surface area contributed by atoms with Crippen LogP contribution in [0.1, 0.15) is 22.6 Å². The van der Waals surface area contributed by atoms with Crippen LogP contribution in [-0.2, 0) is 0 Å². The molecule has 1 N–H and O–H groups in total. The van der Waals surface area contributed by atoms with Crippen LogP contribution in [0.3, 0.4) is 0 Å². The molecular formula is C23H19N5. The van der Waals surface area contributed by atoms with Gasteiger partial charge in [-0.2, -0.15) is 5.26 Å². The van der Waals surface area contributed by atoms with Gasteiger partial charge in [0.15, 0.2) is 0 Å². The van der Waals surface area contributed by atoms with Gasteiger partial charge in [-0.25, -0.2) is 9.97 Å². The highest BCUT2D eigenvalue weighted by atomic mass is 14.9. The molecule has 0 unspecified atom stereocenters. The molecule has 0 aliphatic carbocycles. The first kappa shape index (κ1) is 17.6. The molecule has 0 spiro atoms. The second-order valence-electron chi connectivity index (χ2n) is 6.90. The molecule has 5 nitrogen and oxygen atoms in total. The predicted octanol–water partition coefficient (Wildman–Crippen LogP) is 5.23. The summed E-state index contributed by atoms with van der Waals surface area (Å²) in [6, 6.07) is 16.4.